The minimum Gasteiger partial charge on any atom is -0.502 e. The van der Waals surface area contributed by atoms with Gasteiger partial charge in [-0.15, -0.1) is 0 Å². The fourth-order valence-electron chi connectivity index (χ4n) is 3.03. The van der Waals surface area contributed by atoms with Crippen LogP contribution < -0.4 is 14.4 Å². The summed E-state index contributed by atoms with van der Waals surface area (Å²) in [6, 6.07) is 11.3. The number of nitrogens with zero attached hydrogens (tertiary/aromatic N) is 1. The second-order valence-electron chi connectivity index (χ2n) is 6.56. The highest BCUT2D eigenvalue weighted by Gasteiger charge is 2.33. The topological polar surface area (TPSA) is 59.0 Å². The molecule has 0 saturated carbocycles. The number of phenolic OH excluding ortho intramolecular Hbond substituents is 1. The minimum absolute atomic E-state index is 0.0807. The van der Waals surface area contributed by atoms with E-state index in [1.54, 1.807) is 23.1 Å². The van der Waals surface area contributed by atoms with Crippen LogP contribution in [-0.2, 0) is 11.2 Å². The molecule has 0 aromatic heterocycles. The molecule has 1 aliphatic rings. The summed E-state index contributed by atoms with van der Waals surface area (Å²) in [6.45, 7) is 2.17. The van der Waals surface area contributed by atoms with Crippen LogP contribution in [0.3, 0.4) is 0 Å². The lowest BCUT2D eigenvalue weighted by Crippen LogP contribution is -2.27. The normalized spacial score (nSPS) is 15.3. The van der Waals surface area contributed by atoms with E-state index in [0.29, 0.717) is 14.8 Å². The van der Waals surface area contributed by atoms with Crippen molar-refractivity contribution >= 4 is 46.0 Å². The van der Waals surface area contributed by atoms with Crippen LogP contribution in [0.4, 0.5) is 5.69 Å². The zero-order chi connectivity index (χ0) is 21.0. The minimum atomic E-state index is -0.174. The SMILES string of the molecule is CCCCc1ccc(N2C(=O)/C(=C/c3cc(OC)c(O)c(OC)c3)SC2=S)cc1. The lowest BCUT2D eigenvalue weighted by Gasteiger charge is -2.15. The molecule has 152 valence electrons. The molecule has 0 radical (unpaired) electrons. The molecule has 5 nitrogen and oxygen atoms in total. The third-order valence-electron chi connectivity index (χ3n) is 4.61. The van der Waals surface area contributed by atoms with Crippen molar-refractivity contribution in [1.29, 1.82) is 0 Å². The van der Waals surface area contributed by atoms with E-state index in [1.165, 1.54) is 31.5 Å². The van der Waals surface area contributed by atoms with Gasteiger partial charge in [0.2, 0.25) is 5.75 Å². The molecule has 1 fully saturated rings. The second kappa shape index (κ2) is 9.33. The predicted octanol–water partition coefficient (Wildman–Crippen LogP) is 5.16. The maximum atomic E-state index is 13.0. The number of ether oxygens (including phenoxy) is 2. The maximum absolute atomic E-state index is 13.0. The highest BCUT2D eigenvalue weighted by atomic mass is 32.2. The van der Waals surface area contributed by atoms with E-state index in [0.717, 1.165) is 24.9 Å². The van der Waals surface area contributed by atoms with Gasteiger partial charge in [-0.1, -0.05) is 49.5 Å². The van der Waals surface area contributed by atoms with Gasteiger partial charge in [0.15, 0.2) is 15.8 Å². The molecule has 2 aromatic carbocycles. The van der Waals surface area contributed by atoms with Gasteiger partial charge in [0.1, 0.15) is 0 Å². The lowest BCUT2D eigenvalue weighted by molar-refractivity contribution is -0.113. The maximum Gasteiger partial charge on any atom is 0.270 e. The van der Waals surface area contributed by atoms with E-state index in [-0.39, 0.29) is 23.2 Å². The van der Waals surface area contributed by atoms with Crippen LogP contribution in [0.5, 0.6) is 17.2 Å². The van der Waals surface area contributed by atoms with Crippen molar-refractivity contribution in [2.75, 3.05) is 19.1 Å². The number of carbonyl (C=O) groups is 1. The van der Waals surface area contributed by atoms with E-state index in [2.05, 4.69) is 6.92 Å². The van der Waals surface area contributed by atoms with Gasteiger partial charge >= 0.3 is 0 Å². The molecule has 7 heteroatoms. The van der Waals surface area contributed by atoms with Crippen molar-refractivity contribution < 1.29 is 19.4 Å². The first-order chi connectivity index (χ1) is 14.0. The number of aryl methyl sites for hydroxylation is 1. The quantitative estimate of drug-likeness (QED) is 0.485. The Morgan fingerprint density at radius 2 is 1.76 bits per heavy atom. The number of hydrogen-bond acceptors (Lipinski definition) is 6. The highest BCUT2D eigenvalue weighted by Crippen LogP contribution is 2.40. The van der Waals surface area contributed by atoms with Gasteiger partial charge in [-0.25, -0.2) is 0 Å². The second-order valence-corrected chi connectivity index (χ2v) is 8.24. The summed E-state index contributed by atoms with van der Waals surface area (Å²) in [7, 11) is 2.92. The summed E-state index contributed by atoms with van der Waals surface area (Å²) in [5.74, 6) is 0.290. The average molecular weight is 430 g/mol. The van der Waals surface area contributed by atoms with Crippen molar-refractivity contribution in [3.63, 3.8) is 0 Å². The third kappa shape index (κ3) is 4.57. The van der Waals surface area contributed by atoms with E-state index in [4.69, 9.17) is 21.7 Å². The highest BCUT2D eigenvalue weighted by molar-refractivity contribution is 8.27. The van der Waals surface area contributed by atoms with Crippen molar-refractivity contribution in [3.05, 3.63) is 52.4 Å². The Kier molecular flexibility index (Phi) is 6.82. The van der Waals surface area contributed by atoms with Crippen LogP contribution >= 0.6 is 24.0 Å². The lowest BCUT2D eigenvalue weighted by atomic mass is 10.1. The van der Waals surface area contributed by atoms with Crippen LogP contribution in [0.25, 0.3) is 6.08 Å². The smallest absolute Gasteiger partial charge is 0.270 e. The van der Waals surface area contributed by atoms with Crippen LogP contribution in [-0.4, -0.2) is 29.6 Å². The Labute approximate surface area is 180 Å². The number of anilines is 1. The van der Waals surface area contributed by atoms with E-state index in [1.807, 2.05) is 24.3 Å². The number of amides is 1. The summed E-state index contributed by atoms with van der Waals surface area (Å²) in [6.07, 6.45) is 5.04. The van der Waals surface area contributed by atoms with E-state index < -0.39 is 0 Å². The first-order valence-electron chi connectivity index (χ1n) is 9.30. The predicted molar refractivity (Wildman–Crippen MR) is 122 cm³/mol. The van der Waals surface area contributed by atoms with Crippen LogP contribution in [0.1, 0.15) is 30.9 Å². The molecule has 0 unspecified atom stereocenters. The zero-order valence-electron chi connectivity index (χ0n) is 16.6. The van der Waals surface area contributed by atoms with Crippen molar-refractivity contribution in [3.8, 4) is 17.2 Å². The number of aromatic hydroxyl groups is 1. The summed E-state index contributed by atoms with van der Waals surface area (Å²) in [4.78, 5) is 15.0. The molecule has 1 amide bonds. The molecule has 0 atom stereocenters. The number of methoxy groups -OCH3 is 2. The number of phenols is 1. The molecule has 0 spiro atoms. The molecule has 0 aliphatic carbocycles. The Morgan fingerprint density at radius 3 is 2.31 bits per heavy atom. The number of carbonyl (C=O) groups excluding carboxylic acids is 1. The fourth-order valence-corrected chi connectivity index (χ4v) is 4.33. The molecule has 1 saturated heterocycles. The number of unbranched alkanes of at least 4 members (excludes halogenated alkanes) is 1. The third-order valence-corrected chi connectivity index (χ3v) is 5.91. The van der Waals surface area contributed by atoms with E-state index >= 15 is 0 Å². The molecule has 1 N–H and O–H groups in total. The molecule has 0 bridgehead atoms. The summed E-state index contributed by atoms with van der Waals surface area (Å²) in [5.41, 5.74) is 2.68. The number of thioether (sulfide) groups is 1. The van der Waals surface area contributed by atoms with Gasteiger partial charge < -0.3 is 14.6 Å². The monoisotopic (exact) mass is 429 g/mol. The molecule has 3 rings (SSSR count). The number of hydrogen-bond donors (Lipinski definition) is 1. The average Bonchev–Trinajstić information content (AvgIpc) is 3.00. The molecule has 2 aromatic rings. The number of benzene rings is 2. The van der Waals surface area contributed by atoms with Crippen LogP contribution in [0, 0.1) is 0 Å². The standard InChI is InChI=1S/C22H23NO4S2/c1-4-5-6-14-7-9-16(10-8-14)23-21(25)19(29-22(23)28)13-15-11-17(26-2)20(24)18(12-15)27-3/h7-13,24H,4-6H2,1-3H3/b19-13-. The summed E-state index contributed by atoms with van der Waals surface area (Å²) >= 11 is 6.70. The van der Waals surface area contributed by atoms with Crippen LogP contribution in [0.15, 0.2) is 41.3 Å². The van der Waals surface area contributed by atoms with Gasteiger partial charge in [-0.2, -0.15) is 0 Å². The Hall–Kier alpha value is -2.51. The Morgan fingerprint density at radius 1 is 1.14 bits per heavy atom. The molecular formula is C22H23NO4S2. The first kappa shape index (κ1) is 21.2. The van der Waals surface area contributed by atoms with Crippen molar-refractivity contribution in [2.45, 2.75) is 26.2 Å². The Bertz CT molecular complexity index is 929. The molecule has 1 aliphatic heterocycles. The zero-order valence-corrected chi connectivity index (χ0v) is 18.2. The van der Waals surface area contributed by atoms with E-state index in [9.17, 15) is 9.90 Å². The van der Waals surface area contributed by atoms with Gasteiger partial charge in [0.05, 0.1) is 24.8 Å². The molecular weight excluding hydrogens is 406 g/mol. The first-order valence-corrected chi connectivity index (χ1v) is 10.5. The van der Waals surface area contributed by atoms with Crippen molar-refractivity contribution in [1.82, 2.24) is 0 Å². The largest absolute Gasteiger partial charge is 0.502 e. The Balaban J connectivity index is 1.87. The van der Waals surface area contributed by atoms with Gasteiger partial charge in [-0.3, -0.25) is 9.69 Å². The summed E-state index contributed by atoms with van der Waals surface area (Å²) in [5, 5.41) is 10.1. The summed E-state index contributed by atoms with van der Waals surface area (Å²) < 4.78 is 10.9. The fraction of sp³-hybridized carbons (Fsp3) is 0.273. The van der Waals surface area contributed by atoms with Crippen molar-refractivity contribution in [2.24, 2.45) is 0 Å². The molecule has 29 heavy (non-hydrogen) atoms. The number of thiocarbonyl (C=S) groups is 1. The molecule has 1 heterocycles. The van der Waals surface area contributed by atoms with Gasteiger partial charge in [0, 0.05) is 0 Å². The van der Waals surface area contributed by atoms with Gasteiger partial charge in [-0.05, 0) is 54.3 Å². The number of rotatable bonds is 7. The van der Waals surface area contributed by atoms with Gasteiger partial charge in [0.25, 0.3) is 5.91 Å². The van der Waals surface area contributed by atoms with Crippen LogP contribution in [0.2, 0.25) is 0 Å².